The number of aromatic hydroxyl groups is 1. The zero-order chi connectivity index (χ0) is 14.9. The summed E-state index contributed by atoms with van der Waals surface area (Å²) < 4.78 is 2.21. The average molecular weight is 292 g/mol. The summed E-state index contributed by atoms with van der Waals surface area (Å²) in [5.74, 6) is 0.344. The molecule has 0 atom stereocenters. The minimum absolute atomic E-state index is 0.344. The Morgan fingerprint density at radius 1 is 0.909 bits per heavy atom. The van der Waals surface area contributed by atoms with E-state index >= 15 is 0 Å². The van der Waals surface area contributed by atoms with Crippen molar-refractivity contribution in [2.75, 3.05) is 5.43 Å². The van der Waals surface area contributed by atoms with Gasteiger partial charge in [-0.2, -0.15) is 0 Å². The molecule has 0 radical (unpaired) electrons. The van der Waals surface area contributed by atoms with Gasteiger partial charge < -0.3 is 5.11 Å². The molecule has 3 aromatic rings. The van der Waals surface area contributed by atoms with Gasteiger partial charge in [0.1, 0.15) is 5.75 Å². The molecule has 0 aliphatic heterocycles. The largest absolute Gasteiger partial charge is 0.508 e. The fourth-order valence-electron chi connectivity index (χ4n) is 3.48. The molecule has 0 amide bonds. The normalized spacial score (nSPS) is 14.5. The van der Waals surface area contributed by atoms with Gasteiger partial charge in [-0.3, -0.25) is 10.1 Å². The quantitative estimate of drug-likeness (QED) is 0.683. The van der Waals surface area contributed by atoms with Crippen LogP contribution in [0.25, 0.3) is 10.9 Å². The molecule has 3 heteroatoms. The van der Waals surface area contributed by atoms with E-state index in [0.717, 1.165) is 24.0 Å². The lowest BCUT2D eigenvalue weighted by Gasteiger charge is -2.13. The minimum atomic E-state index is 0.344. The molecule has 0 fully saturated rings. The molecule has 4 rings (SSSR count). The molecular weight excluding hydrogens is 272 g/mol. The van der Waals surface area contributed by atoms with Crippen molar-refractivity contribution in [3.8, 4) is 5.75 Å². The summed E-state index contributed by atoms with van der Waals surface area (Å²) in [4.78, 5) is 0. The number of nitrogens with one attached hydrogen (secondary N) is 1. The molecule has 3 nitrogen and oxygen atoms in total. The van der Waals surface area contributed by atoms with Gasteiger partial charge in [-0.05, 0) is 61.6 Å². The zero-order valence-electron chi connectivity index (χ0n) is 12.5. The van der Waals surface area contributed by atoms with Crippen LogP contribution in [0.2, 0.25) is 0 Å². The molecule has 0 saturated heterocycles. The number of para-hydroxylation sites is 1. The van der Waals surface area contributed by atoms with Crippen molar-refractivity contribution in [3.63, 3.8) is 0 Å². The molecule has 0 unspecified atom stereocenters. The number of anilines is 1. The molecule has 112 valence electrons. The number of rotatable bonds is 2. The highest BCUT2D eigenvalue weighted by Crippen LogP contribution is 2.33. The first-order chi connectivity index (χ1) is 10.8. The van der Waals surface area contributed by atoms with Crippen LogP contribution >= 0.6 is 0 Å². The second-order valence-corrected chi connectivity index (χ2v) is 6.00. The van der Waals surface area contributed by atoms with Crippen molar-refractivity contribution in [1.29, 1.82) is 0 Å². The van der Waals surface area contributed by atoms with Gasteiger partial charge in [0.2, 0.25) is 0 Å². The van der Waals surface area contributed by atoms with E-state index in [1.807, 2.05) is 30.3 Å². The van der Waals surface area contributed by atoms with E-state index < -0.39 is 0 Å². The molecule has 1 aliphatic rings. The third-order valence-corrected chi connectivity index (χ3v) is 4.52. The van der Waals surface area contributed by atoms with Gasteiger partial charge in [0.15, 0.2) is 0 Å². The molecule has 1 aromatic heterocycles. The van der Waals surface area contributed by atoms with Gasteiger partial charge in [0.05, 0.1) is 11.2 Å². The van der Waals surface area contributed by atoms with E-state index in [-0.39, 0.29) is 0 Å². The highest BCUT2D eigenvalue weighted by molar-refractivity contribution is 5.87. The predicted octanol–water partition coefficient (Wildman–Crippen LogP) is 4.49. The second-order valence-electron chi connectivity index (χ2n) is 6.00. The van der Waals surface area contributed by atoms with Crippen LogP contribution in [0.5, 0.6) is 5.75 Å². The van der Waals surface area contributed by atoms with E-state index in [4.69, 9.17) is 0 Å². The summed E-state index contributed by atoms with van der Waals surface area (Å²) in [6.45, 7) is 0. The standard InChI is InChI=1S/C19H20N2O/c22-15-11-12-19-17(13-15)16-9-5-2-6-10-18(16)21(19)20-14-7-3-1-4-8-14/h1,3-4,7-8,11-13,20,22H,2,5-6,9-10H2. The van der Waals surface area contributed by atoms with Gasteiger partial charge in [-0.25, -0.2) is 0 Å². The van der Waals surface area contributed by atoms with Gasteiger partial charge in [-0.15, -0.1) is 0 Å². The average Bonchev–Trinajstić information content (AvgIpc) is 2.70. The van der Waals surface area contributed by atoms with Gasteiger partial charge >= 0.3 is 0 Å². The van der Waals surface area contributed by atoms with Crippen molar-refractivity contribution >= 4 is 16.6 Å². The Labute approximate surface area is 130 Å². The van der Waals surface area contributed by atoms with Crippen LogP contribution in [0.15, 0.2) is 48.5 Å². The third-order valence-electron chi connectivity index (χ3n) is 4.52. The molecule has 1 aliphatic carbocycles. The van der Waals surface area contributed by atoms with Crippen molar-refractivity contribution in [2.45, 2.75) is 32.1 Å². The summed E-state index contributed by atoms with van der Waals surface area (Å²) in [5.41, 5.74) is 8.53. The number of fused-ring (bicyclic) bond motifs is 3. The Hall–Kier alpha value is -2.42. The van der Waals surface area contributed by atoms with Crippen LogP contribution in [0, 0.1) is 0 Å². The van der Waals surface area contributed by atoms with Crippen LogP contribution < -0.4 is 5.43 Å². The van der Waals surface area contributed by atoms with Crippen molar-refractivity contribution in [1.82, 2.24) is 4.68 Å². The molecule has 1 heterocycles. The van der Waals surface area contributed by atoms with Crippen molar-refractivity contribution in [2.24, 2.45) is 0 Å². The Morgan fingerprint density at radius 3 is 2.59 bits per heavy atom. The first kappa shape index (κ1) is 13.3. The van der Waals surface area contributed by atoms with E-state index in [2.05, 4.69) is 22.2 Å². The first-order valence-corrected chi connectivity index (χ1v) is 8.00. The van der Waals surface area contributed by atoms with E-state index in [1.54, 1.807) is 6.07 Å². The van der Waals surface area contributed by atoms with Crippen LogP contribution in [0.3, 0.4) is 0 Å². The molecule has 0 saturated carbocycles. The molecule has 0 spiro atoms. The fraction of sp³-hybridized carbons (Fsp3) is 0.263. The number of aryl methyl sites for hydroxylation is 1. The van der Waals surface area contributed by atoms with Gasteiger partial charge in [0, 0.05) is 11.1 Å². The number of nitrogens with zero attached hydrogens (tertiary/aromatic N) is 1. The van der Waals surface area contributed by atoms with Crippen LogP contribution in [0.1, 0.15) is 30.5 Å². The smallest absolute Gasteiger partial charge is 0.116 e. The molecule has 22 heavy (non-hydrogen) atoms. The summed E-state index contributed by atoms with van der Waals surface area (Å²) >= 11 is 0. The zero-order valence-corrected chi connectivity index (χ0v) is 12.5. The highest BCUT2D eigenvalue weighted by atomic mass is 16.3. The summed E-state index contributed by atoms with van der Waals surface area (Å²) in [6.07, 6.45) is 5.92. The monoisotopic (exact) mass is 292 g/mol. The Balaban J connectivity index is 1.90. The van der Waals surface area contributed by atoms with E-state index in [9.17, 15) is 5.11 Å². The van der Waals surface area contributed by atoms with Crippen LogP contribution in [-0.4, -0.2) is 9.78 Å². The maximum absolute atomic E-state index is 9.87. The molecular formula is C19H20N2O. The number of benzene rings is 2. The van der Waals surface area contributed by atoms with Gasteiger partial charge in [-0.1, -0.05) is 24.6 Å². The minimum Gasteiger partial charge on any atom is -0.508 e. The molecule has 2 N–H and O–H groups in total. The molecule has 0 bridgehead atoms. The van der Waals surface area contributed by atoms with Crippen molar-refractivity contribution < 1.29 is 5.11 Å². The highest BCUT2D eigenvalue weighted by Gasteiger charge is 2.19. The van der Waals surface area contributed by atoms with Gasteiger partial charge in [0.25, 0.3) is 0 Å². The number of aromatic nitrogens is 1. The maximum atomic E-state index is 9.87. The number of hydrogen-bond donors (Lipinski definition) is 2. The fourth-order valence-corrected chi connectivity index (χ4v) is 3.48. The van der Waals surface area contributed by atoms with Crippen molar-refractivity contribution in [3.05, 3.63) is 59.8 Å². The summed E-state index contributed by atoms with van der Waals surface area (Å²) in [5, 5.41) is 11.1. The SMILES string of the molecule is Oc1ccc2c(c1)c1c(n2Nc2ccccc2)CCCCC1. The van der Waals surface area contributed by atoms with Crippen LogP contribution in [-0.2, 0) is 12.8 Å². The molecule has 2 aromatic carbocycles. The lowest BCUT2D eigenvalue weighted by Crippen LogP contribution is -2.12. The maximum Gasteiger partial charge on any atom is 0.116 e. The lowest BCUT2D eigenvalue weighted by molar-refractivity contribution is 0.476. The number of phenols is 1. The first-order valence-electron chi connectivity index (χ1n) is 8.00. The number of phenolic OH excluding ortho intramolecular Hbond substituents is 1. The van der Waals surface area contributed by atoms with E-state index in [0.29, 0.717) is 5.75 Å². The summed E-state index contributed by atoms with van der Waals surface area (Å²) in [6, 6.07) is 15.9. The van der Waals surface area contributed by atoms with E-state index in [1.165, 1.54) is 35.9 Å². The lowest BCUT2D eigenvalue weighted by atomic mass is 10.1. The Bertz CT molecular complexity index is 805. The topological polar surface area (TPSA) is 37.2 Å². The Morgan fingerprint density at radius 2 is 1.73 bits per heavy atom. The Kier molecular flexibility index (Phi) is 3.26. The van der Waals surface area contributed by atoms with Crippen LogP contribution in [0.4, 0.5) is 5.69 Å². The third kappa shape index (κ3) is 2.23. The summed E-state index contributed by atoms with van der Waals surface area (Å²) in [7, 11) is 0. The predicted molar refractivity (Wildman–Crippen MR) is 90.3 cm³/mol. The second kappa shape index (κ2) is 5.41. The number of hydrogen-bond acceptors (Lipinski definition) is 2.